The Morgan fingerprint density at radius 1 is 1.25 bits per heavy atom. The van der Waals surface area contributed by atoms with E-state index in [4.69, 9.17) is 5.73 Å². The normalized spacial score (nSPS) is 23.6. The number of halogens is 1. The minimum absolute atomic E-state index is 0.151. The van der Waals surface area contributed by atoms with Crippen molar-refractivity contribution in [1.29, 1.82) is 0 Å². The first-order valence-corrected chi connectivity index (χ1v) is 7.31. The lowest BCUT2D eigenvalue weighted by molar-refractivity contribution is 0.194. The topological polar surface area (TPSA) is 32.5 Å². The predicted octanol–water partition coefficient (Wildman–Crippen LogP) is 2.08. The molecule has 1 aromatic rings. The molecule has 2 atom stereocenters. The minimum Gasteiger partial charge on any atom is -0.323 e. The molecule has 0 saturated carbocycles. The van der Waals surface area contributed by atoms with E-state index >= 15 is 0 Å². The van der Waals surface area contributed by atoms with E-state index in [0.29, 0.717) is 5.56 Å². The summed E-state index contributed by atoms with van der Waals surface area (Å²) in [5.74, 6) is -0.171. The summed E-state index contributed by atoms with van der Waals surface area (Å²) in [6.45, 7) is 6.82. The highest BCUT2D eigenvalue weighted by Crippen LogP contribution is 2.27. The van der Waals surface area contributed by atoms with E-state index in [0.717, 1.165) is 37.2 Å². The van der Waals surface area contributed by atoms with Crippen molar-refractivity contribution in [2.24, 2.45) is 5.73 Å². The van der Waals surface area contributed by atoms with Crippen LogP contribution < -0.4 is 5.73 Å². The molecule has 0 aromatic heterocycles. The SMILES string of the molecule is Cc1cc(C)c(C(N)C2CN(C)CCCN2C)c(F)c1. The summed E-state index contributed by atoms with van der Waals surface area (Å²) in [5, 5.41) is 0. The molecule has 0 radical (unpaired) electrons. The number of likely N-dealkylation sites (N-methyl/N-ethyl adjacent to an activating group) is 2. The molecule has 2 unspecified atom stereocenters. The lowest BCUT2D eigenvalue weighted by Crippen LogP contribution is -2.45. The molecule has 1 saturated heterocycles. The van der Waals surface area contributed by atoms with Crippen LogP contribution in [-0.4, -0.2) is 49.6 Å². The molecule has 1 heterocycles. The number of nitrogens with two attached hydrogens (primary N) is 1. The van der Waals surface area contributed by atoms with Crippen LogP contribution >= 0.6 is 0 Å². The Bertz CT molecular complexity index is 452. The minimum atomic E-state index is -0.291. The molecule has 2 N–H and O–H groups in total. The molecular weight excluding hydrogens is 253 g/mol. The second kappa shape index (κ2) is 6.20. The third kappa shape index (κ3) is 3.19. The number of nitrogens with zero attached hydrogens (tertiary/aromatic N) is 2. The summed E-state index contributed by atoms with van der Waals surface area (Å²) in [6, 6.07) is 3.46. The molecule has 112 valence electrons. The molecule has 2 rings (SSSR count). The Morgan fingerprint density at radius 3 is 2.60 bits per heavy atom. The van der Waals surface area contributed by atoms with Gasteiger partial charge < -0.3 is 15.5 Å². The van der Waals surface area contributed by atoms with Crippen LogP contribution in [-0.2, 0) is 0 Å². The summed E-state index contributed by atoms with van der Waals surface area (Å²) in [7, 11) is 4.20. The highest BCUT2D eigenvalue weighted by Gasteiger charge is 2.29. The van der Waals surface area contributed by atoms with Gasteiger partial charge in [-0.15, -0.1) is 0 Å². The van der Waals surface area contributed by atoms with E-state index in [1.54, 1.807) is 6.07 Å². The van der Waals surface area contributed by atoms with Crippen molar-refractivity contribution in [3.63, 3.8) is 0 Å². The first kappa shape index (κ1) is 15.4. The van der Waals surface area contributed by atoms with Gasteiger partial charge in [-0.25, -0.2) is 4.39 Å². The molecule has 0 bridgehead atoms. The Morgan fingerprint density at radius 2 is 1.95 bits per heavy atom. The number of rotatable bonds is 2. The van der Waals surface area contributed by atoms with Crippen molar-refractivity contribution in [2.75, 3.05) is 33.7 Å². The van der Waals surface area contributed by atoms with Crippen molar-refractivity contribution in [3.05, 3.63) is 34.6 Å². The molecule has 1 aromatic carbocycles. The van der Waals surface area contributed by atoms with Crippen LogP contribution in [0.15, 0.2) is 12.1 Å². The van der Waals surface area contributed by atoms with Gasteiger partial charge in [0.2, 0.25) is 0 Å². The van der Waals surface area contributed by atoms with Crippen LogP contribution in [0.1, 0.15) is 29.2 Å². The molecule has 20 heavy (non-hydrogen) atoms. The average Bonchev–Trinajstić information content (AvgIpc) is 2.49. The fraction of sp³-hybridized carbons (Fsp3) is 0.625. The van der Waals surface area contributed by atoms with E-state index in [-0.39, 0.29) is 17.9 Å². The van der Waals surface area contributed by atoms with Gasteiger partial charge in [-0.05, 0) is 64.6 Å². The molecular formula is C16H26FN3. The molecule has 0 spiro atoms. The molecule has 3 nitrogen and oxygen atoms in total. The maximum Gasteiger partial charge on any atom is 0.128 e. The zero-order chi connectivity index (χ0) is 14.9. The predicted molar refractivity (Wildman–Crippen MR) is 81.3 cm³/mol. The standard InChI is InChI=1S/C16H26FN3/c1-11-8-12(2)15(13(17)9-11)16(18)14-10-19(3)6-5-7-20(14)4/h8-9,14,16H,5-7,10,18H2,1-4H3. The zero-order valence-corrected chi connectivity index (χ0v) is 13.0. The lowest BCUT2D eigenvalue weighted by atomic mass is 9.93. The number of hydrogen-bond acceptors (Lipinski definition) is 3. The van der Waals surface area contributed by atoms with Crippen molar-refractivity contribution in [3.8, 4) is 0 Å². The van der Waals surface area contributed by atoms with E-state index in [1.165, 1.54) is 0 Å². The monoisotopic (exact) mass is 279 g/mol. The third-order valence-electron chi connectivity index (χ3n) is 4.34. The highest BCUT2D eigenvalue weighted by molar-refractivity contribution is 5.35. The fourth-order valence-corrected chi connectivity index (χ4v) is 3.23. The maximum absolute atomic E-state index is 14.3. The molecule has 0 amide bonds. The van der Waals surface area contributed by atoms with Crippen molar-refractivity contribution < 1.29 is 4.39 Å². The van der Waals surface area contributed by atoms with E-state index in [1.807, 2.05) is 19.9 Å². The summed E-state index contributed by atoms with van der Waals surface area (Å²) in [4.78, 5) is 4.56. The van der Waals surface area contributed by atoms with Gasteiger partial charge in [-0.3, -0.25) is 0 Å². The van der Waals surface area contributed by atoms with Gasteiger partial charge in [0.1, 0.15) is 5.82 Å². The second-order valence-corrected chi connectivity index (χ2v) is 6.17. The number of benzene rings is 1. The van der Waals surface area contributed by atoms with Gasteiger partial charge in [0, 0.05) is 24.2 Å². The largest absolute Gasteiger partial charge is 0.323 e. The molecule has 1 aliphatic heterocycles. The first-order valence-electron chi connectivity index (χ1n) is 7.31. The lowest BCUT2D eigenvalue weighted by Gasteiger charge is -2.33. The average molecular weight is 279 g/mol. The zero-order valence-electron chi connectivity index (χ0n) is 13.0. The summed E-state index contributed by atoms with van der Waals surface area (Å²) in [5.41, 5.74) is 9.00. The van der Waals surface area contributed by atoms with Crippen LogP contribution in [0, 0.1) is 19.7 Å². The smallest absolute Gasteiger partial charge is 0.128 e. The van der Waals surface area contributed by atoms with Crippen LogP contribution in [0.4, 0.5) is 4.39 Å². The molecule has 1 aliphatic rings. The summed E-state index contributed by atoms with van der Waals surface area (Å²) >= 11 is 0. The van der Waals surface area contributed by atoms with Crippen molar-refractivity contribution in [2.45, 2.75) is 32.4 Å². The third-order valence-corrected chi connectivity index (χ3v) is 4.34. The number of hydrogen-bond donors (Lipinski definition) is 1. The van der Waals surface area contributed by atoms with Gasteiger partial charge in [0.25, 0.3) is 0 Å². The van der Waals surface area contributed by atoms with Gasteiger partial charge in [-0.1, -0.05) is 6.07 Å². The van der Waals surface area contributed by atoms with Gasteiger partial charge in [0.05, 0.1) is 0 Å². The van der Waals surface area contributed by atoms with Crippen LogP contribution in [0.3, 0.4) is 0 Å². The van der Waals surface area contributed by atoms with E-state index in [9.17, 15) is 4.39 Å². The molecule has 4 heteroatoms. The Balaban J connectivity index is 2.32. The van der Waals surface area contributed by atoms with Gasteiger partial charge >= 0.3 is 0 Å². The Kier molecular flexibility index (Phi) is 4.78. The summed E-state index contributed by atoms with van der Waals surface area (Å²) < 4.78 is 14.3. The molecule has 0 aliphatic carbocycles. The Labute approximate surface area is 121 Å². The first-order chi connectivity index (χ1) is 9.40. The van der Waals surface area contributed by atoms with Crippen LogP contribution in [0.5, 0.6) is 0 Å². The molecule has 1 fully saturated rings. The van der Waals surface area contributed by atoms with E-state index < -0.39 is 0 Å². The Hall–Kier alpha value is -0.970. The van der Waals surface area contributed by atoms with E-state index in [2.05, 4.69) is 23.9 Å². The van der Waals surface area contributed by atoms with Crippen molar-refractivity contribution in [1.82, 2.24) is 9.80 Å². The van der Waals surface area contributed by atoms with Crippen LogP contribution in [0.25, 0.3) is 0 Å². The van der Waals surface area contributed by atoms with Crippen LogP contribution in [0.2, 0.25) is 0 Å². The second-order valence-electron chi connectivity index (χ2n) is 6.17. The highest BCUT2D eigenvalue weighted by atomic mass is 19.1. The van der Waals surface area contributed by atoms with Crippen molar-refractivity contribution >= 4 is 0 Å². The summed E-state index contributed by atoms with van der Waals surface area (Å²) in [6.07, 6.45) is 1.13. The number of aryl methyl sites for hydroxylation is 2. The quantitative estimate of drug-likeness (QED) is 0.899. The maximum atomic E-state index is 14.3. The fourth-order valence-electron chi connectivity index (χ4n) is 3.23. The van der Waals surface area contributed by atoms with Gasteiger partial charge in [-0.2, -0.15) is 0 Å². The van der Waals surface area contributed by atoms with Gasteiger partial charge in [0.15, 0.2) is 0 Å².